The van der Waals surface area contributed by atoms with Crippen LogP contribution in [-0.2, 0) is 25.1 Å². The number of esters is 2. The number of fused-ring (bicyclic) bond motifs is 1. The molecule has 0 N–H and O–H groups in total. The largest absolute Gasteiger partial charge is 0.465 e. The predicted molar refractivity (Wildman–Crippen MR) is 89.9 cm³/mol. The predicted octanol–water partition coefficient (Wildman–Crippen LogP) is 2.18. The third-order valence-corrected chi connectivity index (χ3v) is 6.28. The normalized spacial score (nSPS) is 17.8. The molecule has 0 saturated heterocycles. The van der Waals surface area contributed by atoms with Gasteiger partial charge in [0.1, 0.15) is 10.9 Å². The van der Waals surface area contributed by atoms with E-state index >= 15 is 0 Å². The highest BCUT2D eigenvalue weighted by Crippen LogP contribution is 2.42. The number of aromatic nitrogens is 1. The highest BCUT2D eigenvalue weighted by Gasteiger charge is 2.43. The maximum atomic E-state index is 12.4. The standard InChI is InChI=1S/C17H17NO6S/c1-10-18-12(9-25(10,21)22)13(16(19)23-2)14(17(20)24-3)15(18)11-7-5-4-6-8-11/h4-8,10H,9H2,1-3H3/t10-/m1/s1. The molecular weight excluding hydrogens is 346 g/mol. The molecule has 1 aromatic heterocycles. The van der Waals surface area contributed by atoms with Crippen LogP contribution in [0, 0.1) is 0 Å². The highest BCUT2D eigenvalue weighted by molar-refractivity contribution is 7.90. The molecule has 2 heterocycles. The molecule has 25 heavy (non-hydrogen) atoms. The summed E-state index contributed by atoms with van der Waals surface area (Å²) in [7, 11) is -1.09. The summed E-state index contributed by atoms with van der Waals surface area (Å²) >= 11 is 0. The van der Waals surface area contributed by atoms with Crippen LogP contribution in [0.4, 0.5) is 0 Å². The zero-order chi connectivity index (χ0) is 18.4. The quantitative estimate of drug-likeness (QED) is 0.776. The SMILES string of the molecule is COC(=O)c1c(C(=O)OC)c(-c2ccccc2)n2c1CS(=O)(=O)[C@@H]2C. The van der Waals surface area contributed by atoms with Crippen molar-refractivity contribution in [1.29, 1.82) is 0 Å². The van der Waals surface area contributed by atoms with Crippen molar-refractivity contribution in [1.82, 2.24) is 4.57 Å². The first kappa shape index (κ1) is 17.2. The summed E-state index contributed by atoms with van der Waals surface area (Å²) < 4.78 is 35.9. The van der Waals surface area contributed by atoms with Crippen LogP contribution in [-0.4, -0.2) is 39.1 Å². The van der Waals surface area contributed by atoms with Crippen LogP contribution >= 0.6 is 0 Å². The molecule has 132 valence electrons. The molecule has 7 nitrogen and oxygen atoms in total. The first-order chi connectivity index (χ1) is 11.8. The second-order valence-electron chi connectivity index (χ2n) is 5.67. The summed E-state index contributed by atoms with van der Waals surface area (Å²) in [5, 5.41) is -0.903. The van der Waals surface area contributed by atoms with E-state index in [-0.39, 0.29) is 22.6 Å². The van der Waals surface area contributed by atoms with Crippen LogP contribution in [0.1, 0.15) is 38.7 Å². The maximum absolute atomic E-state index is 12.4. The molecule has 0 radical (unpaired) electrons. The fourth-order valence-corrected chi connectivity index (χ4v) is 4.62. The van der Waals surface area contributed by atoms with Gasteiger partial charge in [-0.15, -0.1) is 0 Å². The summed E-state index contributed by atoms with van der Waals surface area (Å²) in [6.07, 6.45) is 0. The van der Waals surface area contributed by atoms with E-state index < -0.39 is 27.1 Å². The van der Waals surface area contributed by atoms with Gasteiger partial charge in [0.15, 0.2) is 9.84 Å². The zero-order valence-electron chi connectivity index (χ0n) is 14.0. The van der Waals surface area contributed by atoms with Gasteiger partial charge >= 0.3 is 11.9 Å². The van der Waals surface area contributed by atoms with Crippen LogP contribution in [0.3, 0.4) is 0 Å². The molecule has 8 heteroatoms. The second-order valence-corrected chi connectivity index (χ2v) is 7.97. The van der Waals surface area contributed by atoms with Crippen LogP contribution in [0.15, 0.2) is 30.3 Å². The first-order valence-electron chi connectivity index (χ1n) is 7.54. The van der Waals surface area contributed by atoms with Gasteiger partial charge in [0, 0.05) is 0 Å². The van der Waals surface area contributed by atoms with Crippen molar-refractivity contribution in [3.05, 3.63) is 47.2 Å². The van der Waals surface area contributed by atoms with Crippen molar-refractivity contribution < 1.29 is 27.5 Å². The van der Waals surface area contributed by atoms with Crippen molar-refractivity contribution in [2.24, 2.45) is 0 Å². The number of rotatable bonds is 3. The summed E-state index contributed by atoms with van der Waals surface area (Å²) in [6, 6.07) is 8.82. The first-order valence-corrected chi connectivity index (χ1v) is 9.25. The van der Waals surface area contributed by atoms with Gasteiger partial charge in [-0.1, -0.05) is 30.3 Å². The van der Waals surface area contributed by atoms with Crippen LogP contribution < -0.4 is 0 Å². The minimum atomic E-state index is -3.48. The van der Waals surface area contributed by atoms with E-state index in [1.807, 2.05) is 0 Å². The van der Waals surface area contributed by atoms with Gasteiger partial charge in [0.25, 0.3) is 0 Å². The van der Waals surface area contributed by atoms with Crippen LogP contribution in [0.5, 0.6) is 0 Å². The Morgan fingerprint density at radius 1 is 1.04 bits per heavy atom. The Balaban J connectivity index is 2.45. The van der Waals surface area contributed by atoms with Crippen LogP contribution in [0.25, 0.3) is 11.3 Å². The molecule has 0 unspecified atom stereocenters. The van der Waals surface area contributed by atoms with Crippen molar-refractivity contribution in [2.45, 2.75) is 18.1 Å². The summed E-state index contributed by atoms with van der Waals surface area (Å²) in [5.74, 6) is -1.82. The number of hydrogen-bond acceptors (Lipinski definition) is 6. The van der Waals surface area contributed by atoms with Gasteiger partial charge in [-0.3, -0.25) is 0 Å². The van der Waals surface area contributed by atoms with Gasteiger partial charge in [-0.25, -0.2) is 18.0 Å². The lowest BCUT2D eigenvalue weighted by molar-refractivity contribution is 0.0556. The minimum absolute atomic E-state index is 0.0253. The van der Waals surface area contributed by atoms with Gasteiger partial charge in [0.05, 0.1) is 36.9 Å². The molecule has 1 aliphatic rings. The van der Waals surface area contributed by atoms with Crippen LogP contribution in [0.2, 0.25) is 0 Å². The lowest BCUT2D eigenvalue weighted by atomic mass is 10.0. The Morgan fingerprint density at radius 2 is 1.60 bits per heavy atom. The highest BCUT2D eigenvalue weighted by atomic mass is 32.2. The number of ether oxygens (including phenoxy) is 2. The van der Waals surface area contributed by atoms with E-state index in [0.717, 1.165) is 0 Å². The fraction of sp³-hybridized carbons (Fsp3) is 0.294. The summed E-state index contributed by atoms with van der Waals surface area (Å²) in [6.45, 7) is 1.53. The smallest absolute Gasteiger partial charge is 0.340 e. The van der Waals surface area contributed by atoms with Crippen molar-refractivity contribution in [2.75, 3.05) is 14.2 Å². The summed E-state index contributed by atoms with van der Waals surface area (Å²) in [5.41, 5.74) is 1.18. The molecule has 1 atom stereocenters. The topological polar surface area (TPSA) is 91.7 Å². The van der Waals surface area contributed by atoms with Gasteiger partial charge in [-0.05, 0) is 12.5 Å². The maximum Gasteiger partial charge on any atom is 0.340 e. The van der Waals surface area contributed by atoms with Crippen molar-refractivity contribution >= 4 is 21.8 Å². The Hall–Kier alpha value is -2.61. The third kappa shape index (κ3) is 2.53. The number of benzene rings is 1. The molecule has 0 fully saturated rings. The monoisotopic (exact) mass is 363 g/mol. The molecular formula is C17H17NO6S. The van der Waals surface area contributed by atoms with E-state index in [0.29, 0.717) is 11.3 Å². The van der Waals surface area contributed by atoms with Gasteiger partial charge < -0.3 is 14.0 Å². The molecule has 0 bridgehead atoms. The van der Waals surface area contributed by atoms with E-state index in [1.165, 1.54) is 25.7 Å². The van der Waals surface area contributed by atoms with Crippen molar-refractivity contribution in [3.63, 3.8) is 0 Å². The number of hydrogen-bond donors (Lipinski definition) is 0. The third-order valence-electron chi connectivity index (χ3n) is 4.35. The lowest BCUT2D eigenvalue weighted by Crippen LogP contribution is -2.14. The lowest BCUT2D eigenvalue weighted by Gasteiger charge is -2.13. The molecule has 0 amide bonds. The van der Waals surface area contributed by atoms with E-state index in [1.54, 1.807) is 30.3 Å². The Morgan fingerprint density at radius 3 is 2.16 bits per heavy atom. The molecule has 0 saturated carbocycles. The molecule has 2 aromatic rings. The van der Waals surface area contributed by atoms with E-state index in [4.69, 9.17) is 9.47 Å². The van der Waals surface area contributed by atoms with Crippen molar-refractivity contribution in [3.8, 4) is 11.3 Å². The Bertz CT molecular complexity index is 959. The number of carbonyl (C=O) groups is 2. The number of nitrogens with zero attached hydrogens (tertiary/aromatic N) is 1. The molecule has 3 rings (SSSR count). The minimum Gasteiger partial charge on any atom is -0.465 e. The average molecular weight is 363 g/mol. The fourth-order valence-electron chi connectivity index (χ4n) is 3.16. The summed E-state index contributed by atoms with van der Waals surface area (Å²) in [4.78, 5) is 24.8. The zero-order valence-corrected chi connectivity index (χ0v) is 14.8. The van der Waals surface area contributed by atoms with E-state index in [2.05, 4.69) is 0 Å². The molecule has 1 aromatic carbocycles. The molecule has 0 spiro atoms. The molecule has 0 aliphatic carbocycles. The Labute approximate surface area is 145 Å². The Kier molecular flexibility index (Phi) is 4.16. The van der Waals surface area contributed by atoms with E-state index in [9.17, 15) is 18.0 Å². The number of sulfone groups is 1. The average Bonchev–Trinajstić information content (AvgIpc) is 3.05. The number of carbonyl (C=O) groups excluding carboxylic acids is 2. The van der Waals surface area contributed by atoms with Gasteiger partial charge in [0.2, 0.25) is 0 Å². The van der Waals surface area contributed by atoms with Gasteiger partial charge in [-0.2, -0.15) is 0 Å². The number of methoxy groups -OCH3 is 2. The molecule has 1 aliphatic heterocycles. The second kappa shape index (κ2) is 6.03.